The van der Waals surface area contributed by atoms with Crippen molar-refractivity contribution in [2.45, 2.75) is 6.30 Å². The minimum atomic E-state index is -1.83. The van der Waals surface area contributed by atoms with Gasteiger partial charge in [0.05, 0.1) is 5.02 Å². The molecule has 0 amide bonds. The number of carbonyl (C=O) groups excluding carboxylic acids is 1. The first kappa shape index (κ1) is 13.2. The van der Waals surface area contributed by atoms with Gasteiger partial charge in [-0.05, 0) is 32.3 Å². The summed E-state index contributed by atoms with van der Waals surface area (Å²) in [5, 5.41) is 0.570. The van der Waals surface area contributed by atoms with Crippen LogP contribution in [0, 0.1) is 0 Å². The monoisotopic (exact) mass is 265 g/mol. The van der Waals surface area contributed by atoms with Crippen molar-refractivity contribution in [1.29, 1.82) is 0 Å². The van der Waals surface area contributed by atoms with E-state index in [0.29, 0.717) is 5.02 Å². The lowest BCUT2D eigenvalue weighted by atomic mass is 10.3. The number of nitrogens with zero attached hydrogens (tertiary/aromatic N) is 1. The maximum Gasteiger partial charge on any atom is 0.361 e. The van der Waals surface area contributed by atoms with Crippen LogP contribution >= 0.6 is 23.2 Å². The maximum atomic E-state index is 13.2. The average molecular weight is 266 g/mol. The van der Waals surface area contributed by atoms with E-state index in [9.17, 15) is 9.18 Å². The van der Waals surface area contributed by atoms with E-state index < -0.39 is 12.3 Å². The number of carbonyl (C=O) groups is 1. The highest BCUT2D eigenvalue weighted by Crippen LogP contribution is 2.27. The Morgan fingerprint density at radius 3 is 2.56 bits per heavy atom. The molecule has 0 aliphatic carbocycles. The van der Waals surface area contributed by atoms with E-state index in [1.807, 2.05) is 0 Å². The molecule has 0 fully saturated rings. The molecule has 0 heterocycles. The van der Waals surface area contributed by atoms with Crippen molar-refractivity contribution in [3.05, 3.63) is 28.2 Å². The van der Waals surface area contributed by atoms with Crippen LogP contribution in [0.4, 0.5) is 4.39 Å². The summed E-state index contributed by atoms with van der Waals surface area (Å²) in [6.45, 7) is 0. The van der Waals surface area contributed by atoms with Crippen LogP contribution in [0.15, 0.2) is 18.2 Å². The van der Waals surface area contributed by atoms with Crippen LogP contribution in [0.3, 0.4) is 0 Å². The van der Waals surface area contributed by atoms with Crippen LogP contribution in [0.2, 0.25) is 10.0 Å². The van der Waals surface area contributed by atoms with Gasteiger partial charge in [0.1, 0.15) is 5.75 Å². The van der Waals surface area contributed by atoms with Crippen molar-refractivity contribution < 1.29 is 13.9 Å². The van der Waals surface area contributed by atoms with Gasteiger partial charge in [0.25, 0.3) is 6.30 Å². The van der Waals surface area contributed by atoms with Gasteiger partial charge in [0.15, 0.2) is 0 Å². The molecule has 1 unspecified atom stereocenters. The van der Waals surface area contributed by atoms with Crippen LogP contribution in [0.1, 0.15) is 0 Å². The average Bonchev–Trinajstić information content (AvgIpc) is 2.20. The minimum Gasteiger partial charge on any atom is -0.422 e. The molecule has 0 radical (unpaired) electrons. The highest BCUT2D eigenvalue weighted by atomic mass is 35.5. The van der Waals surface area contributed by atoms with Gasteiger partial charge in [0, 0.05) is 5.02 Å². The fraction of sp³-hybridized carbons (Fsp3) is 0.300. The number of hydrogen-bond donors (Lipinski definition) is 0. The fourth-order valence-corrected chi connectivity index (χ4v) is 1.37. The second-order valence-corrected chi connectivity index (χ2v) is 4.14. The van der Waals surface area contributed by atoms with E-state index >= 15 is 0 Å². The van der Waals surface area contributed by atoms with Crippen molar-refractivity contribution in [3.8, 4) is 5.75 Å². The Kier molecular flexibility index (Phi) is 4.53. The zero-order valence-electron chi connectivity index (χ0n) is 8.71. The summed E-state index contributed by atoms with van der Waals surface area (Å²) < 4.78 is 18.0. The normalized spacial score (nSPS) is 12.6. The van der Waals surface area contributed by atoms with Crippen molar-refractivity contribution in [3.63, 3.8) is 0 Å². The molecule has 6 heteroatoms. The lowest BCUT2D eigenvalue weighted by molar-refractivity contribution is -0.145. The number of esters is 1. The summed E-state index contributed by atoms with van der Waals surface area (Å²) in [4.78, 5) is 12.3. The van der Waals surface area contributed by atoms with Gasteiger partial charge in [-0.15, -0.1) is 0 Å². The SMILES string of the molecule is CN(C)C(F)C(=O)Oc1ccc(Cl)cc1Cl. The molecule has 0 spiro atoms. The van der Waals surface area contributed by atoms with Gasteiger partial charge in [-0.1, -0.05) is 23.2 Å². The molecule has 16 heavy (non-hydrogen) atoms. The van der Waals surface area contributed by atoms with Crippen molar-refractivity contribution >= 4 is 29.2 Å². The number of rotatable bonds is 3. The van der Waals surface area contributed by atoms with Gasteiger partial charge in [-0.3, -0.25) is 4.90 Å². The van der Waals surface area contributed by atoms with Crippen molar-refractivity contribution in [2.24, 2.45) is 0 Å². The highest BCUT2D eigenvalue weighted by molar-refractivity contribution is 6.35. The van der Waals surface area contributed by atoms with E-state index in [-0.39, 0.29) is 10.8 Å². The van der Waals surface area contributed by atoms with E-state index in [4.69, 9.17) is 27.9 Å². The summed E-state index contributed by atoms with van der Waals surface area (Å²) in [7, 11) is 2.85. The standard InChI is InChI=1S/C10H10Cl2FNO2/c1-14(2)9(13)10(15)16-8-4-3-6(11)5-7(8)12/h3-5,9H,1-2H3. The van der Waals surface area contributed by atoms with Gasteiger partial charge < -0.3 is 4.74 Å². The van der Waals surface area contributed by atoms with Crippen LogP contribution in [-0.4, -0.2) is 31.3 Å². The summed E-state index contributed by atoms with van der Waals surface area (Å²) in [6.07, 6.45) is -1.83. The predicted octanol–water partition coefficient (Wildman–Crippen LogP) is 2.76. The Bertz CT molecular complexity index is 398. The molecule has 3 nitrogen and oxygen atoms in total. The van der Waals surface area contributed by atoms with Gasteiger partial charge in [-0.2, -0.15) is 0 Å². The number of benzene rings is 1. The first-order chi connectivity index (χ1) is 7.41. The lowest BCUT2D eigenvalue weighted by Gasteiger charge is -2.14. The second-order valence-electron chi connectivity index (χ2n) is 3.30. The van der Waals surface area contributed by atoms with Crippen LogP contribution in [0.25, 0.3) is 0 Å². The van der Waals surface area contributed by atoms with Gasteiger partial charge in [-0.25, -0.2) is 9.18 Å². The van der Waals surface area contributed by atoms with Crippen LogP contribution in [-0.2, 0) is 4.79 Å². The summed E-state index contributed by atoms with van der Waals surface area (Å²) in [6, 6.07) is 4.32. The van der Waals surface area contributed by atoms with Crippen molar-refractivity contribution in [1.82, 2.24) is 4.90 Å². The zero-order valence-corrected chi connectivity index (χ0v) is 10.2. The Hall–Kier alpha value is -0.840. The molecule has 1 aromatic carbocycles. The molecular formula is C10H10Cl2FNO2. The molecule has 1 atom stereocenters. The first-order valence-electron chi connectivity index (χ1n) is 4.39. The van der Waals surface area contributed by atoms with E-state index in [1.165, 1.54) is 32.3 Å². The summed E-state index contributed by atoms with van der Waals surface area (Å²) in [5.74, 6) is -0.935. The van der Waals surface area contributed by atoms with E-state index in [1.54, 1.807) is 0 Å². The third-order valence-corrected chi connectivity index (χ3v) is 2.28. The molecule has 0 saturated heterocycles. The first-order valence-corrected chi connectivity index (χ1v) is 5.14. The number of likely N-dealkylation sites (N-methyl/N-ethyl adjacent to an activating group) is 1. The number of alkyl halides is 1. The third kappa shape index (κ3) is 3.33. The molecule has 0 bridgehead atoms. The topological polar surface area (TPSA) is 29.5 Å². The van der Waals surface area contributed by atoms with Gasteiger partial charge in [0.2, 0.25) is 0 Å². The minimum absolute atomic E-state index is 0.0839. The van der Waals surface area contributed by atoms with Crippen LogP contribution in [0.5, 0.6) is 5.75 Å². The molecule has 0 saturated carbocycles. The van der Waals surface area contributed by atoms with Crippen molar-refractivity contribution in [2.75, 3.05) is 14.1 Å². The molecule has 0 aliphatic heterocycles. The van der Waals surface area contributed by atoms with Gasteiger partial charge >= 0.3 is 5.97 Å². The molecule has 88 valence electrons. The molecule has 0 N–H and O–H groups in total. The zero-order chi connectivity index (χ0) is 12.3. The molecular weight excluding hydrogens is 256 g/mol. The third-order valence-electron chi connectivity index (χ3n) is 1.75. The second kappa shape index (κ2) is 5.48. The van der Waals surface area contributed by atoms with Crippen LogP contribution < -0.4 is 4.74 Å². The van der Waals surface area contributed by atoms with E-state index in [2.05, 4.69) is 0 Å². The maximum absolute atomic E-state index is 13.2. The molecule has 0 aliphatic rings. The predicted molar refractivity (Wildman–Crippen MR) is 60.7 cm³/mol. The lowest BCUT2D eigenvalue weighted by Crippen LogP contribution is -2.34. The Labute approximate surface area is 103 Å². The molecule has 0 aromatic heterocycles. The molecule has 1 rings (SSSR count). The highest BCUT2D eigenvalue weighted by Gasteiger charge is 2.22. The Morgan fingerprint density at radius 2 is 2.06 bits per heavy atom. The Morgan fingerprint density at radius 1 is 1.44 bits per heavy atom. The largest absolute Gasteiger partial charge is 0.422 e. The summed E-state index contributed by atoms with van der Waals surface area (Å²) in [5.41, 5.74) is 0. The summed E-state index contributed by atoms with van der Waals surface area (Å²) >= 11 is 11.4. The van der Waals surface area contributed by atoms with E-state index in [0.717, 1.165) is 4.90 Å². The fourth-order valence-electron chi connectivity index (χ4n) is 0.926. The quantitative estimate of drug-likeness (QED) is 0.478. The Balaban J connectivity index is 2.77. The number of ether oxygens (including phenoxy) is 1. The smallest absolute Gasteiger partial charge is 0.361 e. The molecule has 1 aromatic rings. The number of hydrogen-bond acceptors (Lipinski definition) is 3. The number of halogens is 3.